The molecule has 0 spiro atoms. The van der Waals surface area contributed by atoms with Crippen LogP contribution in [0, 0.1) is 17.5 Å². The smallest absolute Gasteiger partial charge is 0.182 e. The van der Waals surface area contributed by atoms with Crippen molar-refractivity contribution in [1.29, 1.82) is 0 Å². The lowest BCUT2D eigenvalue weighted by Gasteiger charge is -2.08. The minimum absolute atomic E-state index is 0.169. The van der Waals surface area contributed by atoms with Crippen molar-refractivity contribution in [3.63, 3.8) is 0 Å². The number of pyridine rings is 1. The average Bonchev–Trinajstić information content (AvgIpc) is 2.36. The van der Waals surface area contributed by atoms with E-state index in [0.29, 0.717) is 11.6 Å². The lowest BCUT2D eigenvalue weighted by molar-refractivity contribution is 0.498. The van der Waals surface area contributed by atoms with E-state index in [1.54, 1.807) is 6.07 Å². The van der Waals surface area contributed by atoms with Crippen molar-refractivity contribution in [3.8, 4) is 0 Å². The fourth-order valence-electron chi connectivity index (χ4n) is 1.40. The van der Waals surface area contributed by atoms with Crippen LogP contribution in [0.25, 0.3) is 0 Å². The van der Waals surface area contributed by atoms with Crippen LogP contribution in [0.2, 0.25) is 0 Å². The van der Waals surface area contributed by atoms with Gasteiger partial charge < -0.3 is 11.1 Å². The molecule has 19 heavy (non-hydrogen) atoms. The van der Waals surface area contributed by atoms with Gasteiger partial charge in [-0.3, -0.25) is 0 Å². The van der Waals surface area contributed by atoms with Crippen LogP contribution < -0.4 is 11.1 Å². The van der Waals surface area contributed by atoms with Gasteiger partial charge in [-0.05, 0) is 12.1 Å². The van der Waals surface area contributed by atoms with Crippen LogP contribution >= 0.6 is 12.2 Å². The second-order valence-electron chi connectivity index (χ2n) is 3.67. The zero-order valence-corrected chi connectivity index (χ0v) is 10.3. The molecule has 0 saturated heterocycles. The van der Waals surface area contributed by atoms with Gasteiger partial charge in [0.2, 0.25) is 0 Å². The van der Waals surface area contributed by atoms with E-state index in [9.17, 15) is 13.2 Å². The molecule has 0 saturated carbocycles. The third kappa shape index (κ3) is 3.00. The molecule has 0 amide bonds. The number of nitrogens with two attached hydrogens (primary N) is 1. The predicted molar refractivity (Wildman–Crippen MR) is 69.7 cm³/mol. The number of rotatable bonds is 3. The number of benzene rings is 1. The van der Waals surface area contributed by atoms with Gasteiger partial charge in [-0.1, -0.05) is 12.2 Å². The molecule has 0 bridgehead atoms. The molecular formula is C12H8F3N3S. The lowest BCUT2D eigenvalue weighted by atomic mass is 10.2. The first-order chi connectivity index (χ1) is 8.97. The second kappa shape index (κ2) is 5.23. The zero-order valence-electron chi connectivity index (χ0n) is 9.45. The van der Waals surface area contributed by atoms with Crippen molar-refractivity contribution < 1.29 is 13.2 Å². The summed E-state index contributed by atoms with van der Waals surface area (Å²) >= 11 is 4.75. The van der Waals surface area contributed by atoms with Crippen LogP contribution in [0.4, 0.5) is 24.7 Å². The van der Waals surface area contributed by atoms with Gasteiger partial charge in [0.1, 0.15) is 16.6 Å². The van der Waals surface area contributed by atoms with Crippen molar-refractivity contribution in [3.05, 3.63) is 53.5 Å². The number of hydrogen-bond donors (Lipinski definition) is 2. The molecule has 0 fully saturated rings. The summed E-state index contributed by atoms with van der Waals surface area (Å²) in [7, 11) is 0. The average molecular weight is 283 g/mol. The van der Waals surface area contributed by atoms with Crippen molar-refractivity contribution in [2.75, 3.05) is 5.32 Å². The van der Waals surface area contributed by atoms with E-state index in [4.69, 9.17) is 18.0 Å². The van der Waals surface area contributed by atoms with Gasteiger partial charge in [0.25, 0.3) is 0 Å². The third-order valence-corrected chi connectivity index (χ3v) is 2.54. The standard InChI is InChI=1S/C12H8F3N3S/c13-7-3-8(14)11(15)9(4-7)18-10-2-1-6(5-17-10)12(16)19/h1-5H,(H2,16,19)(H,17,18). The van der Waals surface area contributed by atoms with E-state index in [-0.39, 0.29) is 16.5 Å². The highest BCUT2D eigenvalue weighted by atomic mass is 32.1. The van der Waals surface area contributed by atoms with E-state index in [2.05, 4.69) is 10.3 Å². The Morgan fingerprint density at radius 1 is 1.21 bits per heavy atom. The number of halogens is 3. The Bertz CT molecular complexity index is 629. The summed E-state index contributed by atoms with van der Waals surface area (Å²) in [6.07, 6.45) is 1.37. The van der Waals surface area contributed by atoms with E-state index < -0.39 is 17.5 Å². The molecule has 0 aliphatic heterocycles. The van der Waals surface area contributed by atoms with Gasteiger partial charge in [-0.25, -0.2) is 18.2 Å². The SMILES string of the molecule is NC(=S)c1ccc(Nc2cc(F)cc(F)c2F)nc1. The van der Waals surface area contributed by atoms with Crippen molar-refractivity contribution >= 4 is 28.7 Å². The summed E-state index contributed by atoms with van der Waals surface area (Å²) in [5, 5.41) is 2.47. The summed E-state index contributed by atoms with van der Waals surface area (Å²) in [6, 6.07) is 4.33. The Kier molecular flexibility index (Phi) is 3.66. The van der Waals surface area contributed by atoms with Gasteiger partial charge in [-0.15, -0.1) is 0 Å². The Morgan fingerprint density at radius 3 is 2.53 bits per heavy atom. The molecule has 7 heteroatoms. The summed E-state index contributed by atoms with van der Waals surface area (Å²) < 4.78 is 39.4. The minimum Gasteiger partial charge on any atom is -0.389 e. The third-order valence-electron chi connectivity index (χ3n) is 2.30. The minimum atomic E-state index is -1.28. The molecule has 0 radical (unpaired) electrons. The van der Waals surface area contributed by atoms with Gasteiger partial charge in [0, 0.05) is 23.9 Å². The first-order valence-corrected chi connectivity index (χ1v) is 5.55. The van der Waals surface area contributed by atoms with Crippen LogP contribution in [0.3, 0.4) is 0 Å². The summed E-state index contributed by atoms with van der Waals surface area (Å²) in [5.74, 6) is -3.13. The van der Waals surface area contributed by atoms with Crippen LogP contribution in [0.15, 0.2) is 30.5 Å². The molecule has 98 valence electrons. The maximum atomic E-state index is 13.4. The highest BCUT2D eigenvalue weighted by molar-refractivity contribution is 7.80. The fraction of sp³-hybridized carbons (Fsp3) is 0. The summed E-state index contributed by atoms with van der Waals surface area (Å²) in [6.45, 7) is 0. The lowest BCUT2D eigenvalue weighted by Crippen LogP contribution is -2.09. The number of anilines is 2. The van der Waals surface area contributed by atoms with E-state index in [1.807, 2.05) is 0 Å². The Hall–Kier alpha value is -2.15. The van der Waals surface area contributed by atoms with Gasteiger partial charge in [-0.2, -0.15) is 0 Å². The molecule has 3 nitrogen and oxygen atoms in total. The maximum absolute atomic E-state index is 13.4. The maximum Gasteiger partial charge on any atom is 0.182 e. The molecule has 0 aliphatic rings. The highest BCUT2D eigenvalue weighted by Crippen LogP contribution is 2.22. The van der Waals surface area contributed by atoms with E-state index in [1.165, 1.54) is 12.3 Å². The number of nitrogens with zero attached hydrogens (tertiary/aromatic N) is 1. The molecule has 0 unspecified atom stereocenters. The molecule has 2 rings (SSSR count). The zero-order chi connectivity index (χ0) is 14.0. The predicted octanol–water partition coefficient (Wildman–Crippen LogP) is 2.88. The molecular weight excluding hydrogens is 275 g/mol. The molecule has 0 aliphatic carbocycles. The Balaban J connectivity index is 2.28. The van der Waals surface area contributed by atoms with Gasteiger partial charge >= 0.3 is 0 Å². The van der Waals surface area contributed by atoms with E-state index in [0.717, 1.165) is 6.07 Å². The summed E-state index contributed by atoms with van der Waals surface area (Å²) in [5.41, 5.74) is 5.59. The molecule has 0 atom stereocenters. The first-order valence-electron chi connectivity index (χ1n) is 5.15. The van der Waals surface area contributed by atoms with Crippen LogP contribution in [0.5, 0.6) is 0 Å². The van der Waals surface area contributed by atoms with Crippen molar-refractivity contribution in [1.82, 2.24) is 4.98 Å². The van der Waals surface area contributed by atoms with Crippen molar-refractivity contribution in [2.24, 2.45) is 5.73 Å². The number of aromatic nitrogens is 1. The molecule has 1 aromatic carbocycles. The second-order valence-corrected chi connectivity index (χ2v) is 4.11. The molecule has 3 N–H and O–H groups in total. The largest absolute Gasteiger partial charge is 0.389 e. The number of hydrogen-bond acceptors (Lipinski definition) is 3. The van der Waals surface area contributed by atoms with Crippen LogP contribution in [-0.4, -0.2) is 9.97 Å². The molecule has 1 heterocycles. The summed E-state index contributed by atoms with van der Waals surface area (Å²) in [4.78, 5) is 4.07. The van der Waals surface area contributed by atoms with Crippen molar-refractivity contribution in [2.45, 2.75) is 0 Å². The number of nitrogens with one attached hydrogen (secondary N) is 1. The normalized spacial score (nSPS) is 10.3. The van der Waals surface area contributed by atoms with Gasteiger partial charge in [0.15, 0.2) is 11.6 Å². The van der Waals surface area contributed by atoms with Gasteiger partial charge in [0.05, 0.1) is 5.69 Å². The number of thiocarbonyl (C=S) groups is 1. The molecule has 1 aromatic heterocycles. The van der Waals surface area contributed by atoms with Crippen LogP contribution in [0.1, 0.15) is 5.56 Å². The fourth-order valence-corrected chi connectivity index (χ4v) is 1.52. The quantitative estimate of drug-likeness (QED) is 0.672. The topological polar surface area (TPSA) is 50.9 Å². The van der Waals surface area contributed by atoms with E-state index >= 15 is 0 Å². The first kappa shape index (κ1) is 13.3. The Labute approximate surface area is 112 Å². The van der Waals surface area contributed by atoms with Crippen LogP contribution in [-0.2, 0) is 0 Å². The molecule has 2 aromatic rings. The Morgan fingerprint density at radius 2 is 1.95 bits per heavy atom. The highest BCUT2D eigenvalue weighted by Gasteiger charge is 2.11. The monoisotopic (exact) mass is 283 g/mol.